The van der Waals surface area contributed by atoms with E-state index in [4.69, 9.17) is 0 Å². The third-order valence-corrected chi connectivity index (χ3v) is 5.88. The van der Waals surface area contributed by atoms with Crippen molar-refractivity contribution in [3.63, 3.8) is 0 Å². The van der Waals surface area contributed by atoms with Crippen molar-refractivity contribution in [1.82, 2.24) is 4.72 Å². The lowest BCUT2D eigenvalue weighted by molar-refractivity contribution is 0.366. The van der Waals surface area contributed by atoms with E-state index in [1.807, 2.05) is 6.92 Å². The molecule has 1 N–H and O–H groups in total. The molecule has 1 fully saturated rings. The van der Waals surface area contributed by atoms with Gasteiger partial charge in [0, 0.05) is 5.70 Å². The Balaban J connectivity index is 2.77. The highest BCUT2D eigenvalue weighted by Gasteiger charge is 2.31. The average molecular weight is 259 g/mol. The molecule has 1 aliphatic carbocycles. The van der Waals surface area contributed by atoms with Gasteiger partial charge in [0.2, 0.25) is 10.0 Å². The molecule has 3 nitrogen and oxygen atoms in total. The molecule has 4 heteroatoms. The maximum Gasteiger partial charge on any atom is 0.235 e. The van der Waals surface area contributed by atoms with E-state index < -0.39 is 10.0 Å². The minimum absolute atomic E-state index is 0.225. The molecule has 0 aromatic heterocycles. The standard InChI is InChI=1S/C13H25NO2S/c1-5-12(4)14-17(15,16)13-8-6-7-10(2)11(3)9-13/h5,10-11,13-14H,6-9H2,1-4H3. The summed E-state index contributed by atoms with van der Waals surface area (Å²) in [6.07, 6.45) is 5.54. The van der Waals surface area contributed by atoms with Crippen LogP contribution in [0.2, 0.25) is 0 Å². The van der Waals surface area contributed by atoms with Gasteiger partial charge in [-0.15, -0.1) is 0 Å². The molecule has 0 radical (unpaired) electrons. The average Bonchev–Trinajstić information content (AvgIpc) is 2.41. The molecular formula is C13H25NO2S. The predicted octanol–water partition coefficient (Wildman–Crippen LogP) is 3.04. The van der Waals surface area contributed by atoms with Crippen LogP contribution in [-0.2, 0) is 10.0 Å². The summed E-state index contributed by atoms with van der Waals surface area (Å²) >= 11 is 0. The minimum atomic E-state index is -3.19. The Morgan fingerprint density at radius 3 is 2.47 bits per heavy atom. The number of rotatable bonds is 3. The van der Waals surface area contributed by atoms with Gasteiger partial charge in [-0.05, 0) is 38.5 Å². The van der Waals surface area contributed by atoms with E-state index in [2.05, 4.69) is 18.6 Å². The van der Waals surface area contributed by atoms with Crippen molar-refractivity contribution in [2.75, 3.05) is 0 Å². The number of hydrogen-bond donors (Lipinski definition) is 1. The van der Waals surface area contributed by atoms with Crippen LogP contribution >= 0.6 is 0 Å². The van der Waals surface area contributed by atoms with E-state index in [1.165, 1.54) is 0 Å². The molecule has 0 saturated heterocycles. The SMILES string of the molecule is CC=C(C)NS(=O)(=O)C1CCCC(C)C(C)C1. The van der Waals surface area contributed by atoms with Gasteiger partial charge in [0.05, 0.1) is 5.25 Å². The van der Waals surface area contributed by atoms with Gasteiger partial charge >= 0.3 is 0 Å². The van der Waals surface area contributed by atoms with Gasteiger partial charge in [-0.2, -0.15) is 0 Å². The second-order valence-electron chi connectivity index (χ2n) is 5.36. The van der Waals surface area contributed by atoms with Crippen LogP contribution in [-0.4, -0.2) is 13.7 Å². The highest BCUT2D eigenvalue weighted by molar-refractivity contribution is 7.90. The van der Waals surface area contributed by atoms with E-state index in [9.17, 15) is 8.42 Å². The van der Waals surface area contributed by atoms with E-state index in [-0.39, 0.29) is 5.25 Å². The summed E-state index contributed by atoms with van der Waals surface area (Å²) in [6.45, 7) is 8.03. The first-order chi connectivity index (χ1) is 7.86. The van der Waals surface area contributed by atoms with Crippen molar-refractivity contribution in [2.45, 2.75) is 58.6 Å². The van der Waals surface area contributed by atoms with Gasteiger partial charge < -0.3 is 0 Å². The van der Waals surface area contributed by atoms with Crippen molar-refractivity contribution in [3.05, 3.63) is 11.8 Å². The Hall–Kier alpha value is -0.510. The summed E-state index contributed by atoms with van der Waals surface area (Å²) in [7, 11) is -3.19. The summed E-state index contributed by atoms with van der Waals surface area (Å²) < 4.78 is 27.1. The largest absolute Gasteiger partial charge is 0.288 e. The summed E-state index contributed by atoms with van der Waals surface area (Å²) in [5.74, 6) is 1.13. The lowest BCUT2D eigenvalue weighted by Crippen LogP contribution is -2.34. The fourth-order valence-electron chi connectivity index (χ4n) is 2.37. The molecule has 0 aromatic rings. The Bertz CT molecular complexity index is 373. The monoisotopic (exact) mass is 259 g/mol. The first-order valence-corrected chi connectivity index (χ1v) is 8.06. The third-order valence-electron chi connectivity index (χ3n) is 3.97. The normalized spacial score (nSPS) is 32.0. The van der Waals surface area contributed by atoms with Gasteiger partial charge in [-0.25, -0.2) is 8.42 Å². The number of hydrogen-bond acceptors (Lipinski definition) is 2. The molecule has 3 unspecified atom stereocenters. The van der Waals surface area contributed by atoms with Gasteiger partial charge in [0.15, 0.2) is 0 Å². The van der Waals surface area contributed by atoms with Crippen LogP contribution in [0.3, 0.4) is 0 Å². The lowest BCUT2D eigenvalue weighted by Gasteiger charge is -2.21. The lowest BCUT2D eigenvalue weighted by atomic mass is 9.92. The molecule has 0 bridgehead atoms. The van der Waals surface area contributed by atoms with Gasteiger partial charge in [0.25, 0.3) is 0 Å². The molecule has 0 spiro atoms. The second-order valence-corrected chi connectivity index (χ2v) is 7.32. The fraction of sp³-hybridized carbons (Fsp3) is 0.846. The molecule has 0 aromatic carbocycles. The Morgan fingerprint density at radius 1 is 1.24 bits per heavy atom. The van der Waals surface area contributed by atoms with Crippen molar-refractivity contribution < 1.29 is 8.42 Å². The fourth-order valence-corrected chi connectivity index (χ4v) is 4.13. The topological polar surface area (TPSA) is 46.2 Å². The van der Waals surface area contributed by atoms with Crippen LogP contribution in [0.15, 0.2) is 11.8 Å². The van der Waals surface area contributed by atoms with Crippen LogP contribution in [0.25, 0.3) is 0 Å². The van der Waals surface area contributed by atoms with Gasteiger partial charge in [0.1, 0.15) is 0 Å². The molecule has 17 heavy (non-hydrogen) atoms. The van der Waals surface area contributed by atoms with Crippen LogP contribution in [0.5, 0.6) is 0 Å². The van der Waals surface area contributed by atoms with Crippen LogP contribution in [0.4, 0.5) is 0 Å². The van der Waals surface area contributed by atoms with Crippen LogP contribution in [0, 0.1) is 11.8 Å². The van der Waals surface area contributed by atoms with Crippen molar-refractivity contribution in [2.24, 2.45) is 11.8 Å². The summed E-state index contributed by atoms with van der Waals surface area (Å²) in [4.78, 5) is 0. The minimum Gasteiger partial charge on any atom is -0.288 e. The zero-order chi connectivity index (χ0) is 13.1. The van der Waals surface area contributed by atoms with Gasteiger partial charge in [-0.1, -0.05) is 32.8 Å². The molecule has 100 valence electrons. The van der Waals surface area contributed by atoms with E-state index in [0.29, 0.717) is 11.8 Å². The molecule has 1 rings (SSSR count). The van der Waals surface area contributed by atoms with E-state index in [1.54, 1.807) is 13.0 Å². The third kappa shape index (κ3) is 4.02. The van der Waals surface area contributed by atoms with Crippen molar-refractivity contribution in [3.8, 4) is 0 Å². The first kappa shape index (κ1) is 14.6. The summed E-state index contributed by atoms with van der Waals surface area (Å²) in [5.41, 5.74) is 0.718. The van der Waals surface area contributed by atoms with Gasteiger partial charge in [-0.3, -0.25) is 4.72 Å². The number of allylic oxidation sites excluding steroid dienone is 2. The molecule has 1 saturated carbocycles. The second kappa shape index (κ2) is 5.89. The maximum atomic E-state index is 12.2. The highest BCUT2D eigenvalue weighted by Crippen LogP contribution is 2.31. The van der Waals surface area contributed by atoms with Crippen molar-refractivity contribution in [1.29, 1.82) is 0 Å². The number of sulfonamides is 1. The van der Waals surface area contributed by atoms with Crippen LogP contribution < -0.4 is 4.72 Å². The maximum absolute atomic E-state index is 12.2. The zero-order valence-electron chi connectivity index (χ0n) is 11.4. The molecule has 1 aliphatic rings. The van der Waals surface area contributed by atoms with E-state index in [0.717, 1.165) is 31.4 Å². The first-order valence-electron chi connectivity index (χ1n) is 6.51. The Morgan fingerprint density at radius 2 is 1.88 bits per heavy atom. The predicted molar refractivity (Wildman–Crippen MR) is 72.1 cm³/mol. The van der Waals surface area contributed by atoms with Crippen molar-refractivity contribution >= 4 is 10.0 Å². The zero-order valence-corrected chi connectivity index (χ0v) is 12.2. The smallest absolute Gasteiger partial charge is 0.235 e. The Labute approximate surface area is 106 Å². The summed E-state index contributed by atoms with van der Waals surface area (Å²) in [6, 6.07) is 0. The highest BCUT2D eigenvalue weighted by atomic mass is 32.2. The molecule has 0 aliphatic heterocycles. The molecule has 0 heterocycles. The molecule has 3 atom stereocenters. The quantitative estimate of drug-likeness (QED) is 0.792. The Kier molecular flexibility index (Phi) is 5.04. The van der Waals surface area contributed by atoms with Crippen LogP contribution in [0.1, 0.15) is 53.4 Å². The summed E-state index contributed by atoms with van der Waals surface area (Å²) in [5, 5.41) is -0.225. The molecule has 0 amide bonds. The van der Waals surface area contributed by atoms with E-state index >= 15 is 0 Å². The number of nitrogens with one attached hydrogen (secondary N) is 1. The molecular weight excluding hydrogens is 234 g/mol.